The quantitative estimate of drug-likeness (QED) is 0.897. The van der Waals surface area contributed by atoms with Crippen LogP contribution in [-0.2, 0) is 6.42 Å². The average Bonchev–Trinajstić information content (AvgIpc) is 2.42. The Bertz CT molecular complexity index is 422. The monoisotopic (exact) mass is 265 g/mol. The summed E-state index contributed by atoms with van der Waals surface area (Å²) in [4.78, 5) is 2.27. The third-order valence-electron chi connectivity index (χ3n) is 3.87. The van der Waals surface area contributed by atoms with Crippen molar-refractivity contribution in [2.75, 3.05) is 34.4 Å². The van der Waals surface area contributed by atoms with Crippen LogP contribution in [0.4, 0.5) is 0 Å². The first-order valence-corrected chi connectivity index (χ1v) is 6.71. The van der Waals surface area contributed by atoms with E-state index in [1.54, 1.807) is 14.2 Å². The Morgan fingerprint density at radius 2 is 2.11 bits per heavy atom. The molecule has 1 aliphatic heterocycles. The summed E-state index contributed by atoms with van der Waals surface area (Å²) in [7, 11) is 5.44. The van der Waals surface area contributed by atoms with Crippen molar-refractivity contribution < 1.29 is 14.6 Å². The average molecular weight is 265 g/mol. The van der Waals surface area contributed by atoms with Crippen molar-refractivity contribution in [3.63, 3.8) is 0 Å². The number of hydrogen-bond acceptors (Lipinski definition) is 4. The molecule has 1 N–H and O–H groups in total. The molecule has 1 saturated heterocycles. The maximum Gasteiger partial charge on any atom is 0.122 e. The molecule has 1 aliphatic rings. The van der Waals surface area contributed by atoms with Crippen LogP contribution in [0.2, 0.25) is 0 Å². The fourth-order valence-corrected chi connectivity index (χ4v) is 2.73. The number of aliphatic hydroxyl groups is 1. The lowest BCUT2D eigenvalue weighted by Gasteiger charge is -2.34. The van der Waals surface area contributed by atoms with Crippen LogP contribution in [-0.4, -0.2) is 50.5 Å². The standard InChI is InChI=1S/C15H23NO3/c1-16-7-6-14(17)12(10-16)8-11-9-13(18-2)4-5-15(11)19-3/h4-5,9,12,14,17H,6-8,10H2,1-3H3. The van der Waals surface area contributed by atoms with Gasteiger partial charge < -0.3 is 19.5 Å². The topological polar surface area (TPSA) is 41.9 Å². The first-order valence-electron chi connectivity index (χ1n) is 6.71. The Labute approximate surface area is 114 Å². The minimum Gasteiger partial charge on any atom is -0.497 e. The molecule has 0 radical (unpaired) electrons. The second-order valence-corrected chi connectivity index (χ2v) is 5.26. The molecule has 4 heteroatoms. The SMILES string of the molecule is COc1ccc(OC)c(CC2CN(C)CCC2O)c1. The van der Waals surface area contributed by atoms with E-state index in [4.69, 9.17) is 9.47 Å². The normalized spacial score (nSPS) is 24.2. The largest absolute Gasteiger partial charge is 0.497 e. The van der Waals surface area contributed by atoms with Gasteiger partial charge in [0.1, 0.15) is 11.5 Å². The van der Waals surface area contributed by atoms with Crippen LogP contribution in [0.1, 0.15) is 12.0 Å². The van der Waals surface area contributed by atoms with Crippen molar-refractivity contribution in [3.05, 3.63) is 23.8 Å². The van der Waals surface area contributed by atoms with Crippen molar-refractivity contribution in [2.45, 2.75) is 18.9 Å². The second-order valence-electron chi connectivity index (χ2n) is 5.26. The summed E-state index contributed by atoms with van der Waals surface area (Å²) in [6, 6.07) is 5.82. The minimum atomic E-state index is -0.230. The van der Waals surface area contributed by atoms with Crippen LogP contribution >= 0.6 is 0 Å². The summed E-state index contributed by atoms with van der Waals surface area (Å²) in [5.74, 6) is 1.94. The molecule has 0 bridgehead atoms. The molecule has 0 spiro atoms. The van der Waals surface area contributed by atoms with E-state index in [1.165, 1.54) is 0 Å². The lowest BCUT2D eigenvalue weighted by atomic mass is 9.88. The van der Waals surface area contributed by atoms with E-state index in [2.05, 4.69) is 11.9 Å². The molecule has 1 heterocycles. The number of rotatable bonds is 4. The number of methoxy groups -OCH3 is 2. The molecule has 0 amide bonds. The highest BCUT2D eigenvalue weighted by molar-refractivity contribution is 5.40. The molecule has 0 aliphatic carbocycles. The first kappa shape index (κ1) is 14.2. The van der Waals surface area contributed by atoms with Gasteiger partial charge in [-0.2, -0.15) is 0 Å². The zero-order chi connectivity index (χ0) is 13.8. The van der Waals surface area contributed by atoms with Gasteiger partial charge in [-0.3, -0.25) is 0 Å². The highest BCUT2D eigenvalue weighted by Gasteiger charge is 2.27. The number of benzene rings is 1. The summed E-state index contributed by atoms with van der Waals surface area (Å²) < 4.78 is 10.7. The maximum absolute atomic E-state index is 10.1. The molecule has 1 aromatic carbocycles. The second kappa shape index (κ2) is 6.26. The number of nitrogens with zero attached hydrogens (tertiary/aromatic N) is 1. The highest BCUT2D eigenvalue weighted by Crippen LogP contribution is 2.29. The van der Waals surface area contributed by atoms with Gasteiger partial charge in [0.15, 0.2) is 0 Å². The molecule has 1 aromatic rings. The zero-order valence-electron chi connectivity index (χ0n) is 11.9. The number of likely N-dealkylation sites (tertiary alicyclic amines) is 1. The van der Waals surface area contributed by atoms with Crippen LogP contribution in [0.15, 0.2) is 18.2 Å². The summed E-state index contributed by atoms with van der Waals surface area (Å²) in [5.41, 5.74) is 1.10. The van der Waals surface area contributed by atoms with Gasteiger partial charge in [-0.05, 0) is 43.7 Å². The van der Waals surface area contributed by atoms with Gasteiger partial charge in [0.25, 0.3) is 0 Å². The zero-order valence-corrected chi connectivity index (χ0v) is 11.9. The lowest BCUT2D eigenvalue weighted by molar-refractivity contribution is 0.0364. The first-order chi connectivity index (χ1) is 9.13. The Balaban J connectivity index is 2.16. The Morgan fingerprint density at radius 1 is 1.32 bits per heavy atom. The van der Waals surface area contributed by atoms with Crippen LogP contribution in [0.3, 0.4) is 0 Å². The molecule has 19 heavy (non-hydrogen) atoms. The van der Waals surface area contributed by atoms with Crippen molar-refractivity contribution in [3.8, 4) is 11.5 Å². The predicted octanol–water partition coefficient (Wildman–Crippen LogP) is 1.56. The molecular formula is C15H23NO3. The number of hydrogen-bond donors (Lipinski definition) is 1. The van der Waals surface area contributed by atoms with Gasteiger partial charge in [-0.25, -0.2) is 0 Å². The van der Waals surface area contributed by atoms with Crippen molar-refractivity contribution in [1.82, 2.24) is 4.90 Å². The van der Waals surface area contributed by atoms with Crippen LogP contribution < -0.4 is 9.47 Å². The Morgan fingerprint density at radius 3 is 2.79 bits per heavy atom. The summed E-state index contributed by atoms with van der Waals surface area (Å²) in [6.07, 6.45) is 1.42. The van der Waals surface area contributed by atoms with Gasteiger partial charge >= 0.3 is 0 Å². The number of piperidine rings is 1. The molecule has 2 atom stereocenters. The fourth-order valence-electron chi connectivity index (χ4n) is 2.73. The lowest BCUT2D eigenvalue weighted by Crippen LogP contribution is -2.42. The van der Waals surface area contributed by atoms with E-state index in [9.17, 15) is 5.11 Å². The Hall–Kier alpha value is -1.26. The van der Waals surface area contributed by atoms with Crippen molar-refractivity contribution in [1.29, 1.82) is 0 Å². The van der Waals surface area contributed by atoms with Crippen molar-refractivity contribution >= 4 is 0 Å². The molecule has 0 aromatic heterocycles. The predicted molar refractivity (Wildman–Crippen MR) is 74.9 cm³/mol. The molecule has 4 nitrogen and oxygen atoms in total. The molecule has 0 saturated carbocycles. The van der Waals surface area contributed by atoms with Crippen LogP contribution in [0.25, 0.3) is 0 Å². The third-order valence-corrected chi connectivity index (χ3v) is 3.87. The van der Waals surface area contributed by atoms with Gasteiger partial charge in [-0.1, -0.05) is 0 Å². The van der Waals surface area contributed by atoms with Gasteiger partial charge in [0.05, 0.1) is 20.3 Å². The van der Waals surface area contributed by atoms with Gasteiger partial charge in [0, 0.05) is 19.0 Å². The molecule has 2 unspecified atom stereocenters. The van der Waals surface area contributed by atoms with E-state index < -0.39 is 0 Å². The maximum atomic E-state index is 10.1. The van der Waals surface area contributed by atoms with E-state index in [1.807, 2.05) is 18.2 Å². The summed E-state index contributed by atoms with van der Waals surface area (Å²) in [5, 5.41) is 10.1. The third kappa shape index (κ3) is 3.39. The van der Waals surface area contributed by atoms with E-state index in [-0.39, 0.29) is 12.0 Å². The Kier molecular flexibility index (Phi) is 4.66. The van der Waals surface area contributed by atoms with E-state index in [0.717, 1.165) is 43.0 Å². The van der Waals surface area contributed by atoms with Crippen molar-refractivity contribution in [2.24, 2.45) is 5.92 Å². The number of ether oxygens (including phenoxy) is 2. The van der Waals surface area contributed by atoms with Crippen LogP contribution in [0, 0.1) is 5.92 Å². The highest BCUT2D eigenvalue weighted by atomic mass is 16.5. The molecule has 106 valence electrons. The smallest absolute Gasteiger partial charge is 0.122 e. The van der Waals surface area contributed by atoms with Crippen LogP contribution in [0.5, 0.6) is 11.5 Å². The van der Waals surface area contributed by atoms with E-state index in [0.29, 0.717) is 0 Å². The minimum absolute atomic E-state index is 0.230. The van der Waals surface area contributed by atoms with Gasteiger partial charge in [0.2, 0.25) is 0 Å². The molecule has 1 fully saturated rings. The summed E-state index contributed by atoms with van der Waals surface area (Å²) in [6.45, 7) is 1.88. The number of aliphatic hydroxyl groups excluding tert-OH is 1. The summed E-state index contributed by atoms with van der Waals surface area (Å²) >= 11 is 0. The molecular weight excluding hydrogens is 242 g/mol. The molecule has 2 rings (SSSR count). The van der Waals surface area contributed by atoms with Gasteiger partial charge in [-0.15, -0.1) is 0 Å². The van der Waals surface area contributed by atoms with E-state index >= 15 is 0 Å². The fraction of sp³-hybridized carbons (Fsp3) is 0.600.